The zero-order chi connectivity index (χ0) is 20.2. The molecule has 150 valence electrons. The van der Waals surface area contributed by atoms with Gasteiger partial charge in [0, 0.05) is 37.6 Å². The third kappa shape index (κ3) is 5.40. The van der Waals surface area contributed by atoms with E-state index < -0.39 is 0 Å². The van der Waals surface area contributed by atoms with Crippen molar-refractivity contribution in [3.63, 3.8) is 0 Å². The van der Waals surface area contributed by atoms with Crippen molar-refractivity contribution in [2.75, 3.05) is 31.1 Å². The number of nitrogens with zero attached hydrogens (tertiary/aromatic N) is 2. The lowest BCUT2D eigenvalue weighted by atomic mass is 9.90. The fraction of sp³-hybridized carbons (Fsp3) is 0.600. The van der Waals surface area contributed by atoms with Gasteiger partial charge in [0.05, 0.1) is 0 Å². The zero-order valence-corrected chi connectivity index (χ0v) is 18.6. The maximum absolute atomic E-state index is 4.35. The van der Waals surface area contributed by atoms with Gasteiger partial charge in [0.25, 0.3) is 0 Å². The molecule has 1 aromatic carbocycles. The van der Waals surface area contributed by atoms with Crippen molar-refractivity contribution in [1.82, 2.24) is 4.90 Å². The van der Waals surface area contributed by atoms with E-state index in [-0.39, 0.29) is 0 Å². The summed E-state index contributed by atoms with van der Waals surface area (Å²) in [5, 5.41) is 0. The topological polar surface area (TPSA) is 6.48 Å². The molecule has 1 fully saturated rings. The molecule has 0 saturated carbocycles. The Bertz CT molecular complexity index is 645. The number of hydrogen-bond acceptors (Lipinski definition) is 2. The highest BCUT2D eigenvalue weighted by atomic mass is 15.3. The molecule has 0 radical (unpaired) electrons. The highest BCUT2D eigenvalue weighted by Crippen LogP contribution is 2.32. The van der Waals surface area contributed by atoms with Gasteiger partial charge in [-0.05, 0) is 65.5 Å². The second kappa shape index (κ2) is 8.99. The van der Waals surface area contributed by atoms with Gasteiger partial charge in [-0.2, -0.15) is 0 Å². The molecule has 0 atom stereocenters. The van der Waals surface area contributed by atoms with Crippen LogP contribution in [0.2, 0.25) is 0 Å². The Labute approximate surface area is 167 Å². The Morgan fingerprint density at radius 3 is 1.85 bits per heavy atom. The van der Waals surface area contributed by atoms with Gasteiger partial charge in [0.1, 0.15) is 0 Å². The maximum atomic E-state index is 4.35. The minimum absolute atomic E-state index is 0.303. The first kappa shape index (κ1) is 21.6. The first-order valence-corrected chi connectivity index (χ1v) is 10.7. The predicted molar refractivity (Wildman–Crippen MR) is 122 cm³/mol. The van der Waals surface area contributed by atoms with Crippen molar-refractivity contribution in [2.24, 2.45) is 5.41 Å². The van der Waals surface area contributed by atoms with E-state index in [1.54, 1.807) is 0 Å². The summed E-state index contributed by atoms with van der Waals surface area (Å²) in [6.07, 6.45) is 4.23. The van der Waals surface area contributed by atoms with Crippen molar-refractivity contribution < 1.29 is 0 Å². The standard InChI is InChI=1S/C25H40N2/c1-9-19(4)24-21(10-2)16-23(17-22(24)11-3)27-14-12-26(13-15-27)20(5)18-25(6,7)8/h16-17H,4-5,9-15,18H2,1-3,6-8H3. The van der Waals surface area contributed by atoms with Crippen molar-refractivity contribution in [2.45, 2.75) is 67.2 Å². The molecule has 0 aliphatic carbocycles. The van der Waals surface area contributed by atoms with Crippen molar-refractivity contribution in [3.8, 4) is 0 Å². The Balaban J connectivity index is 2.16. The fourth-order valence-electron chi connectivity index (χ4n) is 4.13. The van der Waals surface area contributed by atoms with Crippen LogP contribution < -0.4 is 4.90 Å². The molecular weight excluding hydrogens is 328 g/mol. The van der Waals surface area contributed by atoms with Gasteiger partial charge in [-0.3, -0.25) is 0 Å². The van der Waals surface area contributed by atoms with Crippen molar-refractivity contribution in [1.29, 1.82) is 0 Å². The van der Waals surface area contributed by atoms with Crippen molar-refractivity contribution in [3.05, 3.63) is 47.7 Å². The van der Waals surface area contributed by atoms with E-state index in [0.29, 0.717) is 5.41 Å². The molecule has 1 heterocycles. The van der Waals surface area contributed by atoms with Crippen LogP contribution in [0.1, 0.15) is 71.1 Å². The Morgan fingerprint density at radius 1 is 0.926 bits per heavy atom. The van der Waals surface area contributed by atoms with E-state index in [0.717, 1.165) is 51.9 Å². The van der Waals surface area contributed by atoms with Gasteiger partial charge < -0.3 is 9.80 Å². The van der Waals surface area contributed by atoms with Gasteiger partial charge in [-0.15, -0.1) is 0 Å². The average molecular weight is 369 g/mol. The summed E-state index contributed by atoms with van der Waals surface area (Å²) in [5.74, 6) is 0. The lowest BCUT2D eigenvalue weighted by molar-refractivity contribution is 0.276. The molecular formula is C25H40N2. The molecule has 1 aliphatic heterocycles. The molecule has 1 aromatic rings. The van der Waals surface area contributed by atoms with Gasteiger partial charge in [-0.1, -0.05) is 54.7 Å². The molecule has 0 aromatic heterocycles. The molecule has 0 N–H and O–H groups in total. The van der Waals surface area contributed by atoms with Gasteiger partial charge in [-0.25, -0.2) is 0 Å². The number of rotatable bonds is 7. The summed E-state index contributed by atoms with van der Waals surface area (Å²) in [6, 6.07) is 4.82. The van der Waals surface area contributed by atoms with Gasteiger partial charge >= 0.3 is 0 Å². The lowest BCUT2D eigenvalue weighted by Gasteiger charge is -2.40. The van der Waals surface area contributed by atoms with Crippen molar-refractivity contribution >= 4 is 11.3 Å². The molecule has 0 bridgehead atoms. The Hall–Kier alpha value is -1.70. The quantitative estimate of drug-likeness (QED) is 0.556. The first-order chi connectivity index (χ1) is 12.7. The number of aryl methyl sites for hydroxylation is 2. The molecule has 0 spiro atoms. The lowest BCUT2D eigenvalue weighted by Crippen LogP contribution is -2.46. The van der Waals surface area contributed by atoms with E-state index in [9.17, 15) is 0 Å². The average Bonchev–Trinajstić information content (AvgIpc) is 2.64. The second-order valence-electron chi connectivity index (χ2n) is 9.08. The maximum Gasteiger partial charge on any atom is 0.0373 e. The number of anilines is 1. The second-order valence-corrected chi connectivity index (χ2v) is 9.08. The fourth-order valence-corrected chi connectivity index (χ4v) is 4.13. The number of hydrogen-bond donors (Lipinski definition) is 0. The number of allylic oxidation sites excluding steroid dienone is 2. The predicted octanol–water partition coefficient (Wildman–Crippen LogP) is 6.31. The third-order valence-electron chi connectivity index (χ3n) is 5.66. The largest absolute Gasteiger partial charge is 0.372 e. The highest BCUT2D eigenvalue weighted by molar-refractivity contribution is 5.72. The highest BCUT2D eigenvalue weighted by Gasteiger charge is 2.22. The van der Waals surface area contributed by atoms with Crippen LogP contribution in [-0.4, -0.2) is 31.1 Å². The minimum atomic E-state index is 0.303. The molecule has 27 heavy (non-hydrogen) atoms. The number of benzene rings is 1. The van der Waals surface area contributed by atoms with Crippen LogP contribution in [0.5, 0.6) is 0 Å². The third-order valence-corrected chi connectivity index (χ3v) is 5.66. The summed E-state index contributed by atoms with van der Waals surface area (Å²) >= 11 is 0. The van der Waals surface area contributed by atoms with E-state index in [2.05, 4.69) is 76.6 Å². The van der Waals surface area contributed by atoms with Crippen LogP contribution in [0.4, 0.5) is 5.69 Å². The van der Waals surface area contributed by atoms with E-state index >= 15 is 0 Å². The summed E-state index contributed by atoms with van der Waals surface area (Å²) in [6.45, 7) is 26.6. The van der Waals surface area contributed by atoms with Crippen LogP contribution >= 0.6 is 0 Å². The molecule has 0 unspecified atom stereocenters. The van der Waals surface area contributed by atoms with E-state index in [4.69, 9.17) is 0 Å². The molecule has 1 aliphatic rings. The summed E-state index contributed by atoms with van der Waals surface area (Å²) in [5.41, 5.74) is 8.59. The number of piperazine rings is 1. The SMILES string of the molecule is C=C(CC)c1c(CC)cc(N2CCN(C(=C)CC(C)(C)C)CC2)cc1CC. The van der Waals surface area contributed by atoms with Crippen LogP contribution in [0.3, 0.4) is 0 Å². The Morgan fingerprint density at radius 2 is 1.44 bits per heavy atom. The van der Waals surface area contributed by atoms with Crippen LogP contribution in [0.25, 0.3) is 5.57 Å². The van der Waals surface area contributed by atoms with E-state index in [1.165, 1.54) is 33.6 Å². The minimum Gasteiger partial charge on any atom is -0.372 e. The monoisotopic (exact) mass is 368 g/mol. The van der Waals surface area contributed by atoms with Crippen LogP contribution in [0.15, 0.2) is 31.0 Å². The molecule has 2 heteroatoms. The molecule has 0 amide bonds. The summed E-state index contributed by atoms with van der Waals surface area (Å²) in [7, 11) is 0. The Kier molecular flexibility index (Phi) is 7.19. The summed E-state index contributed by atoms with van der Waals surface area (Å²) in [4.78, 5) is 5.04. The molecule has 1 saturated heterocycles. The normalized spacial score (nSPS) is 15.2. The summed E-state index contributed by atoms with van der Waals surface area (Å²) < 4.78 is 0. The smallest absolute Gasteiger partial charge is 0.0373 e. The van der Waals surface area contributed by atoms with E-state index in [1.807, 2.05) is 0 Å². The van der Waals surface area contributed by atoms with Crippen LogP contribution in [-0.2, 0) is 12.8 Å². The van der Waals surface area contributed by atoms with Crippen LogP contribution in [0, 0.1) is 5.41 Å². The molecule has 2 nitrogen and oxygen atoms in total. The first-order valence-electron chi connectivity index (χ1n) is 10.7. The molecule has 2 rings (SSSR count). The van der Waals surface area contributed by atoms with Gasteiger partial charge in [0.15, 0.2) is 0 Å². The zero-order valence-electron chi connectivity index (χ0n) is 18.6. The van der Waals surface area contributed by atoms with Gasteiger partial charge in [0.2, 0.25) is 0 Å².